The van der Waals surface area contributed by atoms with Crippen LogP contribution in [0.5, 0.6) is 0 Å². The molecule has 0 N–H and O–H groups in total. The van der Waals surface area contributed by atoms with E-state index in [1.807, 2.05) is 10.7 Å². The highest BCUT2D eigenvalue weighted by Crippen LogP contribution is 2.16. The molecule has 3 nitrogen and oxygen atoms in total. The van der Waals surface area contributed by atoms with Gasteiger partial charge in [0.15, 0.2) is 0 Å². The van der Waals surface area contributed by atoms with Crippen LogP contribution in [0, 0.1) is 0 Å². The van der Waals surface area contributed by atoms with E-state index in [9.17, 15) is 0 Å². The van der Waals surface area contributed by atoms with Gasteiger partial charge < -0.3 is 0 Å². The molecule has 0 aliphatic carbocycles. The molecule has 0 aliphatic rings. The van der Waals surface area contributed by atoms with Gasteiger partial charge in [0.25, 0.3) is 0 Å². The summed E-state index contributed by atoms with van der Waals surface area (Å²) in [5.41, 5.74) is 6.63. The minimum Gasteiger partial charge on any atom is -0.248 e. The predicted octanol–water partition coefficient (Wildman–Crippen LogP) is 4.24. The topological polar surface area (TPSA) is 30.7 Å². The molecule has 0 saturated carbocycles. The average molecular weight is 319 g/mol. The normalized spacial score (nSPS) is 10.9. The zero-order chi connectivity index (χ0) is 16.8. The highest BCUT2D eigenvalue weighted by atomic mass is 15.4. The van der Waals surface area contributed by atoms with Crippen molar-refractivity contribution in [3.8, 4) is 0 Å². The lowest BCUT2D eigenvalue weighted by Gasteiger charge is -2.09. The largest absolute Gasteiger partial charge is 0.248 e. The quantitative estimate of drug-likeness (QED) is 0.652. The Kier molecular flexibility index (Phi) is 5.42. The highest BCUT2D eigenvalue weighted by molar-refractivity contribution is 5.32. The molecule has 0 aliphatic heterocycles. The fraction of sp³-hybridized carbons (Fsp3) is 0.333. The molecule has 0 fully saturated rings. The Morgan fingerprint density at radius 3 is 2.42 bits per heavy atom. The maximum absolute atomic E-state index is 4.34. The standard InChI is InChI=1S/C21H25N3/c1-3-17-10-11-19(4-2)20(14-17)12-13-21-16-24(23-22-21)15-18-8-6-5-7-9-18/h5-11,14,16H,3-4,12-13,15H2,1-2H3. The summed E-state index contributed by atoms with van der Waals surface area (Å²) in [6.07, 6.45) is 6.21. The Bertz CT molecular complexity index is 775. The second-order valence-corrected chi connectivity index (χ2v) is 6.20. The summed E-state index contributed by atoms with van der Waals surface area (Å²) >= 11 is 0. The number of aromatic nitrogens is 3. The second-order valence-electron chi connectivity index (χ2n) is 6.20. The van der Waals surface area contributed by atoms with Gasteiger partial charge in [-0.15, -0.1) is 5.10 Å². The Morgan fingerprint density at radius 1 is 0.833 bits per heavy atom. The minimum atomic E-state index is 0.777. The van der Waals surface area contributed by atoms with Crippen LogP contribution in [0.3, 0.4) is 0 Å². The molecule has 0 spiro atoms. The van der Waals surface area contributed by atoms with E-state index < -0.39 is 0 Å². The zero-order valence-corrected chi connectivity index (χ0v) is 14.6. The van der Waals surface area contributed by atoms with Crippen molar-refractivity contribution in [2.45, 2.75) is 46.1 Å². The van der Waals surface area contributed by atoms with Crippen molar-refractivity contribution in [1.82, 2.24) is 15.0 Å². The summed E-state index contributed by atoms with van der Waals surface area (Å²) in [6.45, 7) is 5.21. The second kappa shape index (κ2) is 7.91. The first-order valence-corrected chi connectivity index (χ1v) is 8.82. The Balaban J connectivity index is 1.65. The van der Waals surface area contributed by atoms with E-state index in [0.717, 1.165) is 37.9 Å². The lowest BCUT2D eigenvalue weighted by Crippen LogP contribution is -2.00. The van der Waals surface area contributed by atoms with E-state index in [0.29, 0.717) is 0 Å². The summed E-state index contributed by atoms with van der Waals surface area (Å²) in [7, 11) is 0. The molecule has 24 heavy (non-hydrogen) atoms. The van der Waals surface area contributed by atoms with Crippen LogP contribution in [0.1, 0.15) is 41.8 Å². The Hall–Kier alpha value is -2.42. The van der Waals surface area contributed by atoms with E-state index in [4.69, 9.17) is 0 Å². The SMILES string of the molecule is CCc1ccc(CC)c(CCc2cn(Cc3ccccc3)nn2)c1. The third-order valence-corrected chi connectivity index (χ3v) is 4.48. The fourth-order valence-corrected chi connectivity index (χ4v) is 3.04. The molecular weight excluding hydrogens is 294 g/mol. The molecule has 0 amide bonds. The van der Waals surface area contributed by atoms with Crippen molar-refractivity contribution in [2.24, 2.45) is 0 Å². The lowest BCUT2D eigenvalue weighted by atomic mass is 9.97. The first kappa shape index (κ1) is 16.4. The number of aryl methyl sites for hydroxylation is 4. The summed E-state index contributed by atoms with van der Waals surface area (Å²) < 4.78 is 1.92. The van der Waals surface area contributed by atoms with Gasteiger partial charge in [0.1, 0.15) is 0 Å². The van der Waals surface area contributed by atoms with Crippen molar-refractivity contribution < 1.29 is 0 Å². The number of hydrogen-bond acceptors (Lipinski definition) is 2. The van der Waals surface area contributed by atoms with Crippen molar-refractivity contribution in [1.29, 1.82) is 0 Å². The lowest BCUT2D eigenvalue weighted by molar-refractivity contribution is 0.649. The van der Waals surface area contributed by atoms with E-state index >= 15 is 0 Å². The molecule has 3 heteroatoms. The van der Waals surface area contributed by atoms with Gasteiger partial charge in [0, 0.05) is 6.20 Å². The van der Waals surface area contributed by atoms with Crippen LogP contribution in [0.15, 0.2) is 54.7 Å². The van der Waals surface area contributed by atoms with Gasteiger partial charge in [-0.05, 0) is 47.9 Å². The van der Waals surface area contributed by atoms with Gasteiger partial charge in [-0.2, -0.15) is 0 Å². The van der Waals surface area contributed by atoms with Crippen LogP contribution in [-0.4, -0.2) is 15.0 Å². The molecule has 1 aromatic heterocycles. The molecule has 0 radical (unpaired) electrons. The smallest absolute Gasteiger partial charge is 0.0830 e. The predicted molar refractivity (Wildman–Crippen MR) is 98.2 cm³/mol. The maximum Gasteiger partial charge on any atom is 0.0830 e. The maximum atomic E-state index is 4.34. The van der Waals surface area contributed by atoms with Gasteiger partial charge >= 0.3 is 0 Å². The summed E-state index contributed by atoms with van der Waals surface area (Å²) in [6, 6.07) is 17.3. The molecule has 1 heterocycles. The first-order valence-electron chi connectivity index (χ1n) is 8.82. The van der Waals surface area contributed by atoms with Gasteiger partial charge in [-0.1, -0.05) is 67.6 Å². The molecule has 0 unspecified atom stereocenters. The molecular formula is C21H25N3. The zero-order valence-electron chi connectivity index (χ0n) is 14.6. The summed E-state index contributed by atoms with van der Waals surface area (Å²) in [5.74, 6) is 0. The van der Waals surface area contributed by atoms with Crippen molar-refractivity contribution in [3.05, 3.63) is 82.7 Å². The molecule has 0 bridgehead atoms. The van der Waals surface area contributed by atoms with Gasteiger partial charge in [0.05, 0.1) is 12.2 Å². The van der Waals surface area contributed by atoms with Crippen LogP contribution >= 0.6 is 0 Å². The number of hydrogen-bond donors (Lipinski definition) is 0. The van der Waals surface area contributed by atoms with Crippen LogP contribution < -0.4 is 0 Å². The van der Waals surface area contributed by atoms with Crippen molar-refractivity contribution >= 4 is 0 Å². The van der Waals surface area contributed by atoms with E-state index in [1.165, 1.54) is 22.3 Å². The third-order valence-electron chi connectivity index (χ3n) is 4.48. The summed E-state index contributed by atoms with van der Waals surface area (Å²) in [4.78, 5) is 0. The minimum absolute atomic E-state index is 0.777. The van der Waals surface area contributed by atoms with Crippen LogP contribution in [0.2, 0.25) is 0 Å². The fourth-order valence-electron chi connectivity index (χ4n) is 3.04. The Morgan fingerprint density at radius 2 is 1.67 bits per heavy atom. The van der Waals surface area contributed by atoms with Crippen molar-refractivity contribution in [3.63, 3.8) is 0 Å². The number of rotatable bonds is 7. The molecule has 2 aromatic carbocycles. The van der Waals surface area contributed by atoms with Gasteiger partial charge in [-0.3, -0.25) is 0 Å². The molecule has 3 rings (SSSR count). The van der Waals surface area contributed by atoms with Crippen LogP contribution in [-0.2, 0) is 32.2 Å². The van der Waals surface area contributed by atoms with E-state index in [-0.39, 0.29) is 0 Å². The molecule has 0 saturated heterocycles. The summed E-state index contributed by atoms with van der Waals surface area (Å²) in [5, 5.41) is 8.61. The molecule has 0 atom stereocenters. The van der Waals surface area contributed by atoms with Crippen LogP contribution in [0.25, 0.3) is 0 Å². The monoisotopic (exact) mass is 319 g/mol. The Labute approximate surface area is 144 Å². The van der Waals surface area contributed by atoms with Crippen molar-refractivity contribution in [2.75, 3.05) is 0 Å². The van der Waals surface area contributed by atoms with E-state index in [1.54, 1.807) is 0 Å². The highest BCUT2D eigenvalue weighted by Gasteiger charge is 2.06. The molecule has 124 valence electrons. The third kappa shape index (κ3) is 4.10. The molecule has 3 aromatic rings. The van der Waals surface area contributed by atoms with E-state index in [2.05, 4.69) is 72.8 Å². The number of benzene rings is 2. The van der Waals surface area contributed by atoms with Crippen LogP contribution in [0.4, 0.5) is 0 Å². The van der Waals surface area contributed by atoms with Gasteiger partial charge in [0.2, 0.25) is 0 Å². The number of nitrogens with zero attached hydrogens (tertiary/aromatic N) is 3. The first-order chi connectivity index (χ1) is 11.8. The van der Waals surface area contributed by atoms with Gasteiger partial charge in [-0.25, -0.2) is 4.68 Å². The average Bonchev–Trinajstić information content (AvgIpc) is 3.08.